The van der Waals surface area contributed by atoms with Crippen LogP contribution in [0.4, 0.5) is 13.2 Å². The number of benzene rings is 1. The van der Waals surface area contributed by atoms with Gasteiger partial charge in [-0.25, -0.2) is 13.2 Å². The van der Waals surface area contributed by atoms with E-state index >= 15 is 0 Å². The van der Waals surface area contributed by atoms with Gasteiger partial charge in [0.25, 0.3) is 10.0 Å². The SMILES string of the molecule is CS(=O)(=O)n1nc(C2CCN(CC(=O)OC(=O)C(F)(F)F)CC2)c2ccc(/C=C/C3CCNCC3)cc21. The zero-order valence-electron chi connectivity index (χ0n) is 20.3. The Labute approximate surface area is 212 Å². The molecule has 1 aromatic heterocycles. The number of hydrogen-bond acceptors (Lipinski definition) is 8. The van der Waals surface area contributed by atoms with Crippen molar-refractivity contribution in [3.63, 3.8) is 0 Å². The zero-order chi connectivity index (χ0) is 26.8. The number of fused-ring (bicyclic) bond motifs is 1. The van der Waals surface area contributed by atoms with Crippen LogP contribution in [0.25, 0.3) is 17.0 Å². The molecule has 0 saturated carbocycles. The predicted octanol–water partition coefficient (Wildman–Crippen LogP) is 2.67. The third-order valence-electron chi connectivity index (χ3n) is 6.73. The van der Waals surface area contributed by atoms with Crippen molar-refractivity contribution in [2.45, 2.75) is 37.8 Å². The number of halogens is 3. The molecule has 1 N–H and O–H groups in total. The number of alkyl halides is 3. The number of esters is 2. The fourth-order valence-electron chi connectivity index (χ4n) is 4.81. The number of nitrogens with one attached hydrogen (secondary N) is 1. The van der Waals surface area contributed by atoms with Crippen molar-refractivity contribution in [2.75, 3.05) is 39.0 Å². The van der Waals surface area contributed by atoms with Crippen molar-refractivity contribution in [1.29, 1.82) is 0 Å². The van der Waals surface area contributed by atoms with E-state index in [-0.39, 0.29) is 5.92 Å². The number of nitrogens with zero attached hydrogens (tertiary/aromatic N) is 3. The molecule has 0 aliphatic carbocycles. The first-order valence-electron chi connectivity index (χ1n) is 12.1. The Kier molecular flexibility index (Phi) is 8.05. The maximum absolute atomic E-state index is 12.5. The monoisotopic (exact) mass is 542 g/mol. The highest BCUT2D eigenvalue weighted by atomic mass is 32.2. The van der Waals surface area contributed by atoms with Gasteiger partial charge in [0, 0.05) is 11.3 Å². The molecule has 2 saturated heterocycles. The molecule has 1 aromatic carbocycles. The van der Waals surface area contributed by atoms with E-state index in [1.165, 1.54) is 0 Å². The molecule has 202 valence electrons. The Hall–Kier alpha value is -2.77. The number of allylic oxidation sites excluding steroid dienone is 1. The van der Waals surface area contributed by atoms with Crippen molar-refractivity contribution in [2.24, 2.45) is 5.92 Å². The second-order valence-electron chi connectivity index (χ2n) is 9.52. The molecule has 37 heavy (non-hydrogen) atoms. The lowest BCUT2D eigenvalue weighted by Gasteiger charge is -2.30. The molecule has 2 fully saturated rings. The molecule has 0 amide bonds. The highest BCUT2D eigenvalue weighted by Crippen LogP contribution is 2.34. The molecule has 9 nitrogen and oxygen atoms in total. The quantitative estimate of drug-likeness (QED) is 0.438. The third kappa shape index (κ3) is 6.76. The van der Waals surface area contributed by atoms with Crippen molar-refractivity contribution in [1.82, 2.24) is 19.4 Å². The first-order chi connectivity index (χ1) is 17.4. The summed E-state index contributed by atoms with van der Waals surface area (Å²) in [6, 6.07) is 5.61. The summed E-state index contributed by atoms with van der Waals surface area (Å²) in [7, 11) is -3.67. The van der Waals surface area contributed by atoms with Crippen LogP contribution < -0.4 is 5.32 Å². The van der Waals surface area contributed by atoms with Crippen molar-refractivity contribution in [3.05, 3.63) is 35.5 Å². The summed E-state index contributed by atoms with van der Waals surface area (Å²) < 4.78 is 66.8. The van der Waals surface area contributed by atoms with Gasteiger partial charge >= 0.3 is 18.1 Å². The smallest absolute Gasteiger partial charge is 0.385 e. The van der Waals surface area contributed by atoms with E-state index < -0.39 is 34.7 Å². The van der Waals surface area contributed by atoms with Gasteiger partial charge in [-0.1, -0.05) is 24.3 Å². The van der Waals surface area contributed by atoms with Crippen molar-refractivity contribution in [3.8, 4) is 0 Å². The van der Waals surface area contributed by atoms with Crippen LogP contribution in [0.3, 0.4) is 0 Å². The molecular formula is C24H29F3N4O5S. The molecule has 0 unspecified atom stereocenters. The second-order valence-corrected chi connectivity index (χ2v) is 11.3. The normalized spacial score (nSPS) is 19.0. The summed E-state index contributed by atoms with van der Waals surface area (Å²) in [5.74, 6) is -3.43. The lowest BCUT2D eigenvalue weighted by molar-refractivity contribution is -0.202. The summed E-state index contributed by atoms with van der Waals surface area (Å²) in [5, 5.41) is 8.49. The van der Waals surface area contributed by atoms with Gasteiger partial charge in [0.15, 0.2) is 0 Å². The summed E-state index contributed by atoms with van der Waals surface area (Å²) in [5.41, 5.74) is 1.99. The van der Waals surface area contributed by atoms with Crippen LogP contribution in [-0.2, 0) is 24.3 Å². The highest BCUT2D eigenvalue weighted by molar-refractivity contribution is 7.89. The average Bonchev–Trinajstić information content (AvgIpc) is 3.23. The number of likely N-dealkylation sites (tertiary alicyclic amines) is 1. The number of ether oxygens (including phenoxy) is 1. The van der Waals surface area contributed by atoms with Crippen LogP contribution in [-0.4, -0.2) is 79.6 Å². The van der Waals surface area contributed by atoms with Crippen LogP contribution in [0.1, 0.15) is 42.9 Å². The number of aromatic nitrogens is 2. The number of hydrogen-bond donors (Lipinski definition) is 1. The maximum atomic E-state index is 12.5. The largest absolute Gasteiger partial charge is 0.491 e. The second kappa shape index (κ2) is 10.9. The van der Waals surface area contributed by atoms with Gasteiger partial charge in [0.1, 0.15) is 0 Å². The lowest BCUT2D eigenvalue weighted by Crippen LogP contribution is -2.39. The van der Waals surface area contributed by atoms with Gasteiger partial charge < -0.3 is 10.1 Å². The summed E-state index contributed by atoms with van der Waals surface area (Å²) in [6.45, 7) is 2.21. The fraction of sp³-hybridized carbons (Fsp3) is 0.542. The van der Waals surface area contributed by atoms with Gasteiger partial charge in [-0.15, -0.1) is 0 Å². The first kappa shape index (κ1) is 27.3. The van der Waals surface area contributed by atoms with Gasteiger partial charge in [-0.2, -0.15) is 22.4 Å². The molecular weight excluding hydrogens is 513 g/mol. The molecule has 0 atom stereocenters. The van der Waals surface area contributed by atoms with Crippen molar-refractivity contribution < 1.29 is 35.9 Å². The van der Waals surface area contributed by atoms with Crippen LogP contribution >= 0.6 is 0 Å². The molecule has 0 radical (unpaired) electrons. The highest BCUT2D eigenvalue weighted by Gasteiger charge is 2.42. The minimum Gasteiger partial charge on any atom is -0.385 e. The molecule has 13 heteroatoms. The number of carbonyl (C=O) groups is 2. The van der Waals surface area contributed by atoms with Crippen LogP contribution in [0, 0.1) is 5.92 Å². The van der Waals surface area contributed by atoms with E-state index in [4.69, 9.17) is 0 Å². The standard InChI is InChI=1S/C24H29F3N4O5S/c1-37(34,35)31-20-14-17(3-2-16-6-10-28-11-7-16)4-5-19(20)22(29-31)18-8-12-30(13-9-18)15-21(32)36-23(33)24(25,26)27/h2-5,14,16,18,28H,6-13,15H2,1H3/b3-2+. The Morgan fingerprint density at radius 3 is 2.46 bits per heavy atom. The molecule has 0 bridgehead atoms. The Morgan fingerprint density at radius 1 is 1.16 bits per heavy atom. The van der Waals surface area contributed by atoms with Crippen LogP contribution in [0.2, 0.25) is 0 Å². The van der Waals surface area contributed by atoms with E-state index in [2.05, 4.69) is 21.2 Å². The summed E-state index contributed by atoms with van der Waals surface area (Å²) >= 11 is 0. The summed E-state index contributed by atoms with van der Waals surface area (Å²) in [4.78, 5) is 24.2. The molecule has 2 aliphatic heterocycles. The van der Waals surface area contributed by atoms with Crippen LogP contribution in [0.5, 0.6) is 0 Å². The van der Waals surface area contributed by atoms with Gasteiger partial charge in [-0.3, -0.25) is 9.69 Å². The van der Waals surface area contributed by atoms with Crippen LogP contribution in [0.15, 0.2) is 24.3 Å². The predicted molar refractivity (Wildman–Crippen MR) is 130 cm³/mol. The number of piperidine rings is 2. The number of carbonyl (C=O) groups excluding carboxylic acids is 2. The molecule has 0 spiro atoms. The molecule has 2 aliphatic rings. The van der Waals surface area contributed by atoms with E-state index in [1.54, 1.807) is 4.90 Å². The number of rotatable bonds is 6. The third-order valence-corrected chi connectivity index (χ3v) is 7.63. The Morgan fingerprint density at radius 2 is 1.84 bits per heavy atom. The average molecular weight is 543 g/mol. The van der Waals surface area contributed by atoms with Gasteiger partial charge in [-0.05, 0) is 69.4 Å². The van der Waals surface area contributed by atoms with Gasteiger partial charge in [0.05, 0.1) is 24.0 Å². The van der Waals surface area contributed by atoms with Crippen molar-refractivity contribution >= 4 is 38.9 Å². The van der Waals surface area contributed by atoms with Gasteiger partial charge in [0.2, 0.25) is 0 Å². The molecule has 2 aromatic rings. The molecule has 3 heterocycles. The fourth-order valence-corrected chi connectivity index (χ4v) is 5.56. The van der Waals surface area contributed by atoms with E-state index in [9.17, 15) is 31.2 Å². The first-order valence-corrected chi connectivity index (χ1v) is 13.9. The summed E-state index contributed by atoms with van der Waals surface area (Å²) in [6.07, 6.45) is 3.16. The minimum atomic E-state index is -5.23. The van der Waals surface area contributed by atoms with E-state index in [0.29, 0.717) is 43.1 Å². The van der Waals surface area contributed by atoms with E-state index in [0.717, 1.165) is 47.2 Å². The maximum Gasteiger partial charge on any atom is 0.491 e. The Balaban J connectivity index is 1.47. The topological polar surface area (TPSA) is 111 Å². The lowest BCUT2D eigenvalue weighted by atomic mass is 9.91. The molecule has 4 rings (SSSR count). The van der Waals surface area contributed by atoms with E-state index in [1.807, 2.05) is 24.3 Å². The Bertz CT molecular complexity index is 1290. The zero-order valence-corrected chi connectivity index (χ0v) is 21.1. The minimum absolute atomic E-state index is 0.106.